The Labute approximate surface area is 158 Å². The minimum atomic E-state index is 0. The molecule has 138 valence electrons. The second-order valence-corrected chi connectivity index (χ2v) is 5.83. The van der Waals surface area contributed by atoms with Gasteiger partial charge in [0.2, 0.25) is 5.91 Å². The van der Waals surface area contributed by atoms with E-state index < -0.39 is 0 Å². The normalized spacial score (nSPS) is 14.5. The van der Waals surface area contributed by atoms with E-state index in [9.17, 15) is 4.79 Å². The number of nitrogens with one attached hydrogen (secondary N) is 1. The lowest BCUT2D eigenvalue weighted by molar-refractivity contribution is -0.130. The van der Waals surface area contributed by atoms with Crippen LogP contribution in [0.1, 0.15) is 6.42 Å². The number of likely N-dealkylation sites (N-methyl/N-ethyl adjacent to an activating group) is 2. The summed E-state index contributed by atoms with van der Waals surface area (Å²) in [6, 6.07) is 10.5. The molecule has 1 heterocycles. The summed E-state index contributed by atoms with van der Waals surface area (Å²) in [5.41, 5.74) is 1.30. The highest BCUT2D eigenvalue weighted by atomic mass is 35.5. The number of carbonyl (C=O) groups excluding carboxylic acids is 1. The van der Waals surface area contributed by atoms with E-state index in [1.807, 2.05) is 19.0 Å². The van der Waals surface area contributed by atoms with Gasteiger partial charge in [-0.25, -0.2) is 0 Å². The molecule has 1 N–H and O–H groups in total. The molecule has 0 aliphatic carbocycles. The predicted octanol–water partition coefficient (Wildman–Crippen LogP) is 1.72. The molecule has 0 atom stereocenters. The molecule has 1 aliphatic heterocycles. The van der Waals surface area contributed by atoms with Gasteiger partial charge in [0.05, 0.1) is 0 Å². The number of nitrogens with zero attached hydrogens (tertiary/aromatic N) is 3. The summed E-state index contributed by atoms with van der Waals surface area (Å²) < 4.78 is 0. The number of hydrogen-bond donors (Lipinski definition) is 1. The number of rotatable bonds is 7. The van der Waals surface area contributed by atoms with Crippen molar-refractivity contribution >= 4 is 36.4 Å². The molecule has 7 heteroatoms. The van der Waals surface area contributed by atoms with E-state index in [-0.39, 0.29) is 30.7 Å². The highest BCUT2D eigenvalue weighted by Crippen LogP contribution is 2.15. The van der Waals surface area contributed by atoms with Crippen molar-refractivity contribution in [3.05, 3.63) is 30.3 Å². The smallest absolute Gasteiger partial charge is 0.223 e. The van der Waals surface area contributed by atoms with Crippen LogP contribution in [0.15, 0.2) is 30.3 Å². The third kappa shape index (κ3) is 7.26. The lowest BCUT2D eigenvalue weighted by atomic mass is 10.2. The van der Waals surface area contributed by atoms with Crippen LogP contribution >= 0.6 is 24.8 Å². The second kappa shape index (κ2) is 12.4. The SMILES string of the molecule is CNCCN(C)C(=O)CCN1CCN(c2ccccc2)CC1.Cl.Cl. The Hall–Kier alpha value is -1.01. The summed E-state index contributed by atoms with van der Waals surface area (Å²) in [7, 11) is 3.79. The number of benzene rings is 1. The van der Waals surface area contributed by atoms with Crippen molar-refractivity contribution in [2.75, 3.05) is 64.8 Å². The molecule has 1 saturated heterocycles. The average Bonchev–Trinajstić information content (AvgIpc) is 2.58. The molecule has 0 spiro atoms. The average molecular weight is 377 g/mol. The van der Waals surface area contributed by atoms with Gasteiger partial charge in [-0.3, -0.25) is 9.69 Å². The molecule has 0 aromatic heterocycles. The Morgan fingerprint density at radius 3 is 2.33 bits per heavy atom. The fourth-order valence-corrected chi connectivity index (χ4v) is 2.72. The van der Waals surface area contributed by atoms with Crippen LogP contribution in [0.4, 0.5) is 5.69 Å². The lowest BCUT2D eigenvalue weighted by Gasteiger charge is -2.36. The molecular weight excluding hydrogens is 347 g/mol. The topological polar surface area (TPSA) is 38.8 Å². The zero-order valence-corrected chi connectivity index (χ0v) is 16.2. The maximum Gasteiger partial charge on any atom is 0.223 e. The fraction of sp³-hybridized carbons (Fsp3) is 0.588. The van der Waals surface area contributed by atoms with Gasteiger partial charge in [0.1, 0.15) is 0 Å². The molecule has 0 unspecified atom stereocenters. The van der Waals surface area contributed by atoms with Crippen LogP contribution in [-0.4, -0.2) is 75.6 Å². The fourth-order valence-electron chi connectivity index (χ4n) is 2.72. The van der Waals surface area contributed by atoms with E-state index in [2.05, 4.69) is 45.4 Å². The molecule has 1 fully saturated rings. The highest BCUT2D eigenvalue weighted by Gasteiger charge is 2.18. The van der Waals surface area contributed by atoms with Gasteiger partial charge >= 0.3 is 0 Å². The third-order valence-electron chi connectivity index (χ3n) is 4.26. The van der Waals surface area contributed by atoms with Crippen LogP contribution < -0.4 is 10.2 Å². The first-order valence-corrected chi connectivity index (χ1v) is 8.11. The second-order valence-electron chi connectivity index (χ2n) is 5.83. The Balaban J connectivity index is 0.00000264. The van der Waals surface area contributed by atoms with Crippen molar-refractivity contribution in [1.29, 1.82) is 0 Å². The van der Waals surface area contributed by atoms with Crippen LogP contribution in [0.2, 0.25) is 0 Å². The highest BCUT2D eigenvalue weighted by molar-refractivity contribution is 5.85. The Bertz CT molecular complexity index is 453. The Morgan fingerprint density at radius 1 is 1.12 bits per heavy atom. The van der Waals surface area contributed by atoms with Crippen LogP contribution in [0.5, 0.6) is 0 Å². The zero-order valence-electron chi connectivity index (χ0n) is 14.6. The van der Waals surface area contributed by atoms with Crippen LogP contribution in [-0.2, 0) is 4.79 Å². The number of amides is 1. The standard InChI is InChI=1S/C17H28N4O.2ClH/c1-18-9-11-19(2)17(22)8-10-20-12-14-21(15-13-20)16-6-4-3-5-7-16;;/h3-7,18H,8-15H2,1-2H3;2*1H. The molecule has 0 saturated carbocycles. The van der Waals surface area contributed by atoms with Gasteiger partial charge in [-0.1, -0.05) is 18.2 Å². The molecule has 1 aromatic rings. The van der Waals surface area contributed by atoms with Crippen LogP contribution in [0.3, 0.4) is 0 Å². The summed E-state index contributed by atoms with van der Waals surface area (Å²) in [5.74, 6) is 0.237. The van der Waals surface area contributed by atoms with E-state index >= 15 is 0 Å². The minimum absolute atomic E-state index is 0. The Morgan fingerprint density at radius 2 is 1.75 bits per heavy atom. The third-order valence-corrected chi connectivity index (χ3v) is 4.26. The molecule has 1 amide bonds. The maximum absolute atomic E-state index is 12.0. The number of piperazine rings is 1. The van der Waals surface area contributed by atoms with Crippen LogP contribution in [0, 0.1) is 0 Å². The van der Waals surface area contributed by atoms with Crippen molar-refractivity contribution in [2.24, 2.45) is 0 Å². The summed E-state index contributed by atoms with van der Waals surface area (Å²) in [5, 5.41) is 3.07. The monoisotopic (exact) mass is 376 g/mol. The molecular formula is C17H30Cl2N4O. The van der Waals surface area contributed by atoms with Crippen molar-refractivity contribution in [1.82, 2.24) is 15.1 Å². The molecule has 0 radical (unpaired) electrons. The molecule has 24 heavy (non-hydrogen) atoms. The first-order chi connectivity index (χ1) is 10.7. The van der Waals surface area contributed by atoms with Crippen molar-refractivity contribution in [3.63, 3.8) is 0 Å². The van der Waals surface area contributed by atoms with Gasteiger partial charge in [-0.15, -0.1) is 24.8 Å². The van der Waals surface area contributed by atoms with Gasteiger partial charge in [-0.2, -0.15) is 0 Å². The van der Waals surface area contributed by atoms with E-state index in [1.54, 1.807) is 0 Å². The van der Waals surface area contributed by atoms with Crippen molar-refractivity contribution < 1.29 is 4.79 Å². The zero-order chi connectivity index (χ0) is 15.8. The maximum atomic E-state index is 12.0. The summed E-state index contributed by atoms with van der Waals surface area (Å²) in [6.07, 6.45) is 0.617. The molecule has 5 nitrogen and oxygen atoms in total. The van der Waals surface area contributed by atoms with E-state index in [0.717, 1.165) is 45.8 Å². The lowest BCUT2D eigenvalue weighted by Crippen LogP contribution is -2.47. The van der Waals surface area contributed by atoms with E-state index in [4.69, 9.17) is 0 Å². The first-order valence-electron chi connectivity index (χ1n) is 8.11. The molecule has 0 bridgehead atoms. The number of hydrogen-bond acceptors (Lipinski definition) is 4. The Kier molecular flexibility index (Phi) is 11.8. The molecule has 2 rings (SSSR count). The molecule has 1 aliphatic rings. The summed E-state index contributed by atoms with van der Waals surface area (Å²) in [4.78, 5) is 18.7. The molecule has 1 aromatic carbocycles. The number of carbonyl (C=O) groups is 1. The van der Waals surface area contributed by atoms with Crippen molar-refractivity contribution in [2.45, 2.75) is 6.42 Å². The summed E-state index contributed by atoms with van der Waals surface area (Å²) in [6.45, 7) is 6.62. The quantitative estimate of drug-likeness (QED) is 0.786. The van der Waals surface area contributed by atoms with Crippen molar-refractivity contribution in [3.8, 4) is 0 Å². The van der Waals surface area contributed by atoms with Gasteiger partial charge in [0, 0.05) is 65.0 Å². The van der Waals surface area contributed by atoms with Gasteiger partial charge in [0.15, 0.2) is 0 Å². The van der Waals surface area contributed by atoms with E-state index in [1.165, 1.54) is 5.69 Å². The largest absolute Gasteiger partial charge is 0.369 e. The van der Waals surface area contributed by atoms with Gasteiger partial charge in [-0.05, 0) is 19.2 Å². The number of halogens is 2. The predicted molar refractivity (Wildman–Crippen MR) is 106 cm³/mol. The summed E-state index contributed by atoms with van der Waals surface area (Å²) >= 11 is 0. The van der Waals surface area contributed by atoms with Gasteiger partial charge in [0.25, 0.3) is 0 Å². The number of anilines is 1. The van der Waals surface area contributed by atoms with Crippen LogP contribution in [0.25, 0.3) is 0 Å². The number of para-hydroxylation sites is 1. The minimum Gasteiger partial charge on any atom is -0.369 e. The van der Waals surface area contributed by atoms with Gasteiger partial charge < -0.3 is 15.1 Å². The van der Waals surface area contributed by atoms with E-state index in [0.29, 0.717) is 6.42 Å². The first kappa shape index (κ1) is 23.0.